The first-order chi connectivity index (χ1) is 13.2. The molecule has 0 aromatic heterocycles. The number of morpholine rings is 1. The first kappa shape index (κ1) is 21.2. The van der Waals surface area contributed by atoms with Crippen LogP contribution in [0.4, 0.5) is 0 Å². The SMILES string of the molecule is C[C@@H]1CN(S(=O)(=O)c2cccc(C(=O)N(C)C3CCN(C)CC3)c2)C[C@H](C)O1. The van der Waals surface area contributed by atoms with E-state index in [1.165, 1.54) is 10.4 Å². The second kappa shape index (κ2) is 8.49. The molecule has 7 nitrogen and oxygen atoms in total. The quantitative estimate of drug-likeness (QED) is 0.756. The minimum atomic E-state index is -3.67. The molecule has 2 aliphatic heterocycles. The fourth-order valence-corrected chi connectivity index (χ4v) is 5.65. The van der Waals surface area contributed by atoms with E-state index in [0.717, 1.165) is 25.9 Å². The van der Waals surface area contributed by atoms with Crippen molar-refractivity contribution in [3.8, 4) is 0 Å². The van der Waals surface area contributed by atoms with Crippen molar-refractivity contribution < 1.29 is 17.9 Å². The number of carbonyl (C=O) groups excluding carboxylic acids is 1. The van der Waals surface area contributed by atoms with Crippen LogP contribution in [-0.4, -0.2) is 87.0 Å². The third kappa shape index (κ3) is 4.56. The van der Waals surface area contributed by atoms with Gasteiger partial charge in [-0.05, 0) is 65.0 Å². The summed E-state index contributed by atoms with van der Waals surface area (Å²) in [5.41, 5.74) is 0.414. The molecule has 0 aliphatic carbocycles. The molecule has 156 valence electrons. The molecule has 0 N–H and O–H groups in total. The van der Waals surface area contributed by atoms with Gasteiger partial charge in [-0.2, -0.15) is 4.31 Å². The maximum atomic E-state index is 13.1. The van der Waals surface area contributed by atoms with Gasteiger partial charge in [0.1, 0.15) is 0 Å². The van der Waals surface area contributed by atoms with Crippen LogP contribution in [0.15, 0.2) is 29.2 Å². The number of piperidine rings is 1. The Balaban J connectivity index is 1.78. The summed E-state index contributed by atoms with van der Waals surface area (Å²) in [6, 6.07) is 6.60. The van der Waals surface area contributed by atoms with Gasteiger partial charge in [-0.25, -0.2) is 8.42 Å². The highest BCUT2D eigenvalue weighted by Gasteiger charge is 2.33. The van der Waals surface area contributed by atoms with Crippen LogP contribution < -0.4 is 0 Å². The Bertz CT molecular complexity index is 795. The van der Waals surface area contributed by atoms with Gasteiger partial charge < -0.3 is 14.5 Å². The standard InChI is InChI=1S/C20H31N3O4S/c1-15-13-23(14-16(2)27-15)28(25,26)19-7-5-6-17(12-19)20(24)22(4)18-8-10-21(3)11-9-18/h5-7,12,15-16,18H,8-11,13-14H2,1-4H3/t15-,16+. The molecular weight excluding hydrogens is 378 g/mol. The second-order valence-electron chi connectivity index (χ2n) is 8.06. The number of rotatable bonds is 4. The van der Waals surface area contributed by atoms with E-state index in [0.29, 0.717) is 18.7 Å². The van der Waals surface area contributed by atoms with Crippen LogP contribution in [-0.2, 0) is 14.8 Å². The second-order valence-corrected chi connectivity index (χ2v) is 10.00. The molecule has 0 radical (unpaired) electrons. The normalized spacial score (nSPS) is 25.6. The molecule has 0 spiro atoms. The number of likely N-dealkylation sites (tertiary alicyclic amines) is 1. The van der Waals surface area contributed by atoms with Gasteiger partial charge in [0, 0.05) is 31.7 Å². The number of nitrogens with zero attached hydrogens (tertiary/aromatic N) is 3. The number of hydrogen-bond donors (Lipinski definition) is 0. The van der Waals surface area contributed by atoms with Gasteiger partial charge in [0.2, 0.25) is 10.0 Å². The zero-order chi connectivity index (χ0) is 20.5. The Hall–Kier alpha value is -1.48. The Morgan fingerprint density at radius 1 is 1.14 bits per heavy atom. The van der Waals surface area contributed by atoms with Crippen LogP contribution in [0.25, 0.3) is 0 Å². The average molecular weight is 410 g/mol. The van der Waals surface area contributed by atoms with E-state index < -0.39 is 10.0 Å². The highest BCUT2D eigenvalue weighted by atomic mass is 32.2. The summed E-state index contributed by atoms with van der Waals surface area (Å²) in [5, 5.41) is 0. The molecule has 28 heavy (non-hydrogen) atoms. The largest absolute Gasteiger partial charge is 0.373 e. The molecule has 0 bridgehead atoms. The lowest BCUT2D eigenvalue weighted by Gasteiger charge is -2.35. The van der Waals surface area contributed by atoms with Gasteiger partial charge >= 0.3 is 0 Å². The van der Waals surface area contributed by atoms with E-state index in [1.54, 1.807) is 23.1 Å². The lowest BCUT2D eigenvalue weighted by Crippen LogP contribution is -2.48. The molecule has 8 heteroatoms. The van der Waals surface area contributed by atoms with E-state index in [4.69, 9.17) is 4.74 Å². The van der Waals surface area contributed by atoms with Crippen molar-refractivity contribution in [2.24, 2.45) is 0 Å². The number of amides is 1. The fourth-order valence-electron chi connectivity index (χ4n) is 4.02. The monoisotopic (exact) mass is 409 g/mol. The van der Waals surface area contributed by atoms with Gasteiger partial charge in [0.05, 0.1) is 17.1 Å². The third-order valence-corrected chi connectivity index (χ3v) is 7.49. The fraction of sp³-hybridized carbons (Fsp3) is 0.650. The highest BCUT2D eigenvalue weighted by Crippen LogP contribution is 2.23. The summed E-state index contributed by atoms with van der Waals surface area (Å²) in [6.07, 6.45) is 1.55. The lowest BCUT2D eigenvalue weighted by molar-refractivity contribution is -0.0440. The number of hydrogen-bond acceptors (Lipinski definition) is 5. The molecule has 2 heterocycles. The van der Waals surface area contributed by atoms with Crippen LogP contribution in [0.1, 0.15) is 37.0 Å². The summed E-state index contributed by atoms with van der Waals surface area (Å²) in [4.78, 5) is 17.2. The van der Waals surface area contributed by atoms with Crippen molar-refractivity contribution in [1.29, 1.82) is 0 Å². The zero-order valence-corrected chi connectivity index (χ0v) is 18.0. The minimum absolute atomic E-state index is 0.129. The Kier molecular flexibility index (Phi) is 6.44. The molecule has 1 amide bonds. The Labute approximate surface area is 168 Å². The zero-order valence-electron chi connectivity index (χ0n) is 17.2. The van der Waals surface area contributed by atoms with Gasteiger partial charge in [-0.1, -0.05) is 6.07 Å². The first-order valence-corrected chi connectivity index (χ1v) is 11.3. The van der Waals surface area contributed by atoms with E-state index in [-0.39, 0.29) is 29.1 Å². The average Bonchev–Trinajstić information content (AvgIpc) is 2.67. The number of carbonyl (C=O) groups is 1. The Morgan fingerprint density at radius 2 is 1.75 bits per heavy atom. The van der Waals surface area contributed by atoms with Crippen molar-refractivity contribution in [1.82, 2.24) is 14.1 Å². The van der Waals surface area contributed by atoms with Gasteiger partial charge in [0.15, 0.2) is 0 Å². The molecule has 3 rings (SSSR count). The van der Waals surface area contributed by atoms with E-state index in [9.17, 15) is 13.2 Å². The predicted octanol–water partition coefficient (Wildman–Crippen LogP) is 1.65. The van der Waals surface area contributed by atoms with Crippen molar-refractivity contribution in [2.75, 3.05) is 40.3 Å². The molecule has 2 saturated heterocycles. The van der Waals surface area contributed by atoms with Crippen molar-refractivity contribution in [3.05, 3.63) is 29.8 Å². The molecule has 1 aromatic rings. The predicted molar refractivity (Wildman–Crippen MR) is 108 cm³/mol. The molecule has 2 fully saturated rings. The Morgan fingerprint density at radius 3 is 2.36 bits per heavy atom. The van der Waals surface area contributed by atoms with Gasteiger partial charge in [0.25, 0.3) is 5.91 Å². The molecule has 1 aromatic carbocycles. The molecule has 2 atom stereocenters. The van der Waals surface area contributed by atoms with Crippen LogP contribution in [0.3, 0.4) is 0 Å². The molecular formula is C20H31N3O4S. The van der Waals surface area contributed by atoms with Crippen LogP contribution in [0, 0.1) is 0 Å². The summed E-state index contributed by atoms with van der Waals surface area (Å²) < 4.78 is 33.3. The first-order valence-electron chi connectivity index (χ1n) is 9.90. The maximum Gasteiger partial charge on any atom is 0.253 e. The highest BCUT2D eigenvalue weighted by molar-refractivity contribution is 7.89. The van der Waals surface area contributed by atoms with Crippen molar-refractivity contribution >= 4 is 15.9 Å². The number of benzene rings is 1. The topological polar surface area (TPSA) is 70.2 Å². The van der Waals surface area contributed by atoms with Crippen molar-refractivity contribution in [3.63, 3.8) is 0 Å². The van der Waals surface area contributed by atoms with Crippen molar-refractivity contribution in [2.45, 2.75) is 49.8 Å². The number of sulfonamides is 1. The minimum Gasteiger partial charge on any atom is -0.373 e. The van der Waals surface area contributed by atoms with E-state index in [1.807, 2.05) is 20.9 Å². The van der Waals surface area contributed by atoms with Crippen LogP contribution in [0.2, 0.25) is 0 Å². The summed E-state index contributed by atoms with van der Waals surface area (Å²) in [6.45, 7) is 6.30. The summed E-state index contributed by atoms with van der Waals surface area (Å²) in [5.74, 6) is -0.129. The summed E-state index contributed by atoms with van der Waals surface area (Å²) in [7, 11) is 0.228. The molecule has 0 unspecified atom stereocenters. The number of ether oxygens (including phenoxy) is 1. The van der Waals surface area contributed by atoms with Gasteiger partial charge in [-0.15, -0.1) is 0 Å². The lowest BCUT2D eigenvalue weighted by atomic mass is 10.0. The molecule has 2 aliphatic rings. The summed E-state index contributed by atoms with van der Waals surface area (Å²) >= 11 is 0. The van der Waals surface area contributed by atoms with Crippen LogP contribution in [0.5, 0.6) is 0 Å². The van der Waals surface area contributed by atoms with Crippen LogP contribution >= 0.6 is 0 Å². The van der Waals surface area contributed by atoms with E-state index >= 15 is 0 Å². The van der Waals surface area contributed by atoms with E-state index in [2.05, 4.69) is 11.9 Å². The van der Waals surface area contributed by atoms with Gasteiger partial charge in [-0.3, -0.25) is 4.79 Å². The molecule has 0 saturated carbocycles. The smallest absolute Gasteiger partial charge is 0.253 e. The maximum absolute atomic E-state index is 13.1. The third-order valence-electron chi connectivity index (χ3n) is 5.66.